The topological polar surface area (TPSA) is 52.6 Å². The Hall–Kier alpha value is -3.69. The molecule has 6 heteroatoms. The normalized spacial score (nSPS) is 20.8. The molecule has 5 rings (SSSR count). The number of hydrogen-bond donors (Lipinski definition) is 2. The molecule has 1 fully saturated rings. The highest BCUT2D eigenvalue weighted by atomic mass is 19.1. The maximum absolute atomic E-state index is 14.4. The number of benzene rings is 3. The Balaban J connectivity index is 1.54. The van der Waals surface area contributed by atoms with E-state index >= 15 is 0 Å². The number of halogens is 2. The molecule has 0 radical (unpaired) electrons. The zero-order valence-electron chi connectivity index (χ0n) is 17.8. The molecule has 2 aliphatic rings. The Kier molecular flexibility index (Phi) is 5.57. The summed E-state index contributed by atoms with van der Waals surface area (Å²) in [6, 6.07) is 17.4. The zero-order chi connectivity index (χ0) is 22.9. The summed E-state index contributed by atoms with van der Waals surface area (Å²) in [7, 11) is 0. The summed E-state index contributed by atoms with van der Waals surface area (Å²) in [6.45, 7) is 0.391. The number of aliphatic hydroxyl groups excluding tert-OH is 1. The van der Waals surface area contributed by atoms with E-state index in [1.54, 1.807) is 35.2 Å². The van der Waals surface area contributed by atoms with Gasteiger partial charge < -0.3 is 15.3 Å². The predicted octanol–water partition coefficient (Wildman–Crippen LogP) is 4.35. The molecule has 0 bridgehead atoms. The van der Waals surface area contributed by atoms with Crippen LogP contribution in [0.2, 0.25) is 0 Å². The van der Waals surface area contributed by atoms with E-state index in [2.05, 4.69) is 17.2 Å². The van der Waals surface area contributed by atoms with Crippen LogP contribution in [0.25, 0.3) is 0 Å². The monoisotopic (exact) mass is 444 g/mol. The molecule has 4 nitrogen and oxygen atoms in total. The van der Waals surface area contributed by atoms with Gasteiger partial charge in [-0.3, -0.25) is 4.79 Å². The number of hydrogen-bond acceptors (Lipinski definition) is 3. The number of nitrogens with zero attached hydrogens (tertiary/aromatic N) is 1. The minimum atomic E-state index is -0.552. The standard InChI is InChI=1S/C27H22F2N2O2/c28-22-7-3-1-5-18(22)11-9-17-10-12-24-21(15-17)26-20(25(16-32)30-24)13-14-31(26)27(33)19-6-2-4-8-23(19)29/h1-8,10,12,15,20,25-26,30,32H,13-14,16H2/t20-,25+,26-/m1/s1. The van der Waals surface area contributed by atoms with Crippen LogP contribution < -0.4 is 5.32 Å². The van der Waals surface area contributed by atoms with Crippen LogP contribution in [0.1, 0.15) is 39.5 Å². The van der Waals surface area contributed by atoms with Crippen LogP contribution in [-0.2, 0) is 0 Å². The summed E-state index contributed by atoms with van der Waals surface area (Å²) < 4.78 is 28.3. The van der Waals surface area contributed by atoms with E-state index < -0.39 is 5.82 Å². The average molecular weight is 444 g/mol. The van der Waals surface area contributed by atoms with Crippen LogP contribution in [-0.4, -0.2) is 35.1 Å². The average Bonchev–Trinajstić information content (AvgIpc) is 3.28. The van der Waals surface area contributed by atoms with Crippen molar-refractivity contribution in [2.45, 2.75) is 18.5 Å². The number of amides is 1. The molecule has 3 aromatic rings. The molecule has 1 amide bonds. The summed E-state index contributed by atoms with van der Waals surface area (Å²) in [4.78, 5) is 15.0. The van der Waals surface area contributed by atoms with Crippen LogP contribution in [0.3, 0.4) is 0 Å². The Morgan fingerprint density at radius 3 is 2.55 bits per heavy atom. The van der Waals surface area contributed by atoms with Crippen molar-refractivity contribution < 1.29 is 18.7 Å². The van der Waals surface area contributed by atoms with Gasteiger partial charge in [0.25, 0.3) is 5.91 Å². The van der Waals surface area contributed by atoms with Gasteiger partial charge in [-0.05, 0) is 54.4 Å². The van der Waals surface area contributed by atoms with E-state index in [1.807, 2.05) is 18.2 Å². The Bertz CT molecular complexity index is 1280. The summed E-state index contributed by atoms with van der Waals surface area (Å²) in [6.07, 6.45) is 0.688. The van der Waals surface area contributed by atoms with Crippen molar-refractivity contribution in [2.24, 2.45) is 5.92 Å². The number of fused-ring (bicyclic) bond motifs is 3. The summed E-state index contributed by atoms with van der Waals surface area (Å²) >= 11 is 0. The number of rotatable bonds is 2. The number of aliphatic hydroxyl groups is 1. The smallest absolute Gasteiger partial charge is 0.257 e. The van der Waals surface area contributed by atoms with Gasteiger partial charge in [0.2, 0.25) is 0 Å². The first-order chi connectivity index (χ1) is 16.1. The van der Waals surface area contributed by atoms with E-state index in [4.69, 9.17) is 0 Å². The molecule has 2 N–H and O–H groups in total. The second kappa shape index (κ2) is 8.68. The Morgan fingerprint density at radius 2 is 1.79 bits per heavy atom. The highest BCUT2D eigenvalue weighted by Gasteiger charge is 2.46. The summed E-state index contributed by atoms with van der Waals surface area (Å²) in [5.41, 5.74) is 2.70. The van der Waals surface area contributed by atoms with Gasteiger partial charge in [0, 0.05) is 23.7 Å². The first-order valence-corrected chi connectivity index (χ1v) is 10.9. The zero-order valence-corrected chi connectivity index (χ0v) is 17.8. The van der Waals surface area contributed by atoms with Crippen molar-refractivity contribution >= 4 is 11.6 Å². The van der Waals surface area contributed by atoms with E-state index in [9.17, 15) is 18.7 Å². The fraction of sp³-hybridized carbons (Fsp3) is 0.222. The number of carbonyl (C=O) groups is 1. The largest absolute Gasteiger partial charge is 0.394 e. The van der Waals surface area contributed by atoms with Crippen molar-refractivity contribution in [1.82, 2.24) is 4.90 Å². The quantitative estimate of drug-likeness (QED) is 0.578. The number of nitrogens with one attached hydrogen (secondary N) is 1. The predicted molar refractivity (Wildman–Crippen MR) is 122 cm³/mol. The van der Waals surface area contributed by atoms with Crippen LogP contribution >= 0.6 is 0 Å². The molecular weight excluding hydrogens is 422 g/mol. The lowest BCUT2D eigenvalue weighted by Crippen LogP contribution is -2.43. The maximum Gasteiger partial charge on any atom is 0.257 e. The van der Waals surface area contributed by atoms with Gasteiger partial charge in [0.05, 0.1) is 29.8 Å². The van der Waals surface area contributed by atoms with E-state index in [1.165, 1.54) is 18.2 Å². The highest BCUT2D eigenvalue weighted by molar-refractivity contribution is 5.95. The minimum absolute atomic E-state index is 0.0204. The molecule has 0 aliphatic carbocycles. The summed E-state index contributed by atoms with van der Waals surface area (Å²) in [5.74, 6) is 4.56. The third-order valence-corrected chi connectivity index (χ3v) is 6.45. The molecule has 3 atom stereocenters. The number of anilines is 1. The van der Waals surface area contributed by atoms with Gasteiger partial charge in [-0.1, -0.05) is 36.1 Å². The third kappa shape index (κ3) is 3.85. The molecule has 2 heterocycles. The molecule has 0 spiro atoms. The molecule has 0 saturated carbocycles. The van der Waals surface area contributed by atoms with E-state index in [-0.39, 0.29) is 41.9 Å². The lowest BCUT2D eigenvalue weighted by atomic mass is 9.82. The van der Waals surface area contributed by atoms with E-state index in [0.29, 0.717) is 24.1 Å². The first kappa shape index (κ1) is 21.2. The van der Waals surface area contributed by atoms with Gasteiger partial charge in [-0.25, -0.2) is 8.78 Å². The SMILES string of the molecule is O=C(c1ccccc1F)N1CC[C@@H]2[C@H](CO)Nc3ccc(C#Cc4ccccc4F)cc3[C@@H]21. The number of likely N-dealkylation sites (tertiary alicyclic amines) is 1. The Labute approximate surface area is 190 Å². The maximum atomic E-state index is 14.4. The van der Waals surface area contributed by atoms with Crippen LogP contribution in [0.15, 0.2) is 66.7 Å². The van der Waals surface area contributed by atoms with Crippen molar-refractivity contribution in [3.63, 3.8) is 0 Å². The molecule has 33 heavy (non-hydrogen) atoms. The second-order valence-corrected chi connectivity index (χ2v) is 8.34. The van der Waals surface area contributed by atoms with Gasteiger partial charge in [-0.2, -0.15) is 0 Å². The van der Waals surface area contributed by atoms with Crippen LogP contribution in [0.5, 0.6) is 0 Å². The molecule has 3 aromatic carbocycles. The minimum Gasteiger partial charge on any atom is -0.394 e. The van der Waals surface area contributed by atoms with Crippen molar-refractivity contribution in [3.8, 4) is 11.8 Å². The fourth-order valence-corrected chi connectivity index (χ4v) is 4.86. The molecule has 166 valence electrons. The van der Waals surface area contributed by atoms with Crippen molar-refractivity contribution in [2.75, 3.05) is 18.5 Å². The fourth-order valence-electron chi connectivity index (χ4n) is 4.86. The van der Waals surface area contributed by atoms with Gasteiger partial charge in [0.1, 0.15) is 11.6 Å². The van der Waals surface area contributed by atoms with Crippen LogP contribution in [0, 0.1) is 29.4 Å². The van der Waals surface area contributed by atoms with E-state index in [0.717, 1.165) is 11.3 Å². The van der Waals surface area contributed by atoms with Crippen LogP contribution in [0.4, 0.5) is 14.5 Å². The highest BCUT2D eigenvalue weighted by Crippen LogP contribution is 2.47. The van der Waals surface area contributed by atoms with Gasteiger partial charge in [0.15, 0.2) is 0 Å². The summed E-state index contributed by atoms with van der Waals surface area (Å²) in [5, 5.41) is 13.3. The molecule has 1 saturated heterocycles. The molecule has 0 unspecified atom stereocenters. The van der Waals surface area contributed by atoms with Crippen molar-refractivity contribution in [1.29, 1.82) is 0 Å². The molecule has 0 aromatic heterocycles. The number of carbonyl (C=O) groups excluding carboxylic acids is 1. The Morgan fingerprint density at radius 1 is 1.03 bits per heavy atom. The molecular formula is C27H22F2N2O2. The van der Waals surface area contributed by atoms with Crippen molar-refractivity contribution in [3.05, 3.63) is 101 Å². The first-order valence-electron chi connectivity index (χ1n) is 10.9. The lowest BCUT2D eigenvalue weighted by molar-refractivity contribution is 0.0696. The lowest BCUT2D eigenvalue weighted by Gasteiger charge is -2.39. The van der Waals surface area contributed by atoms with Gasteiger partial charge >= 0.3 is 0 Å². The molecule has 2 aliphatic heterocycles. The third-order valence-electron chi connectivity index (χ3n) is 6.45. The second-order valence-electron chi connectivity index (χ2n) is 8.34. The van der Waals surface area contributed by atoms with Gasteiger partial charge in [-0.15, -0.1) is 0 Å².